The largest absolute Gasteiger partial charge is 0.346 e. The monoisotopic (exact) mass is 272 g/mol. The fraction of sp³-hybridized carbons (Fsp3) is 0.588. The number of benzene rings is 1. The number of hydrogen-bond acceptors (Lipinski definition) is 2. The van der Waals surface area contributed by atoms with Gasteiger partial charge in [0.1, 0.15) is 0 Å². The maximum atomic E-state index is 12.5. The second kappa shape index (κ2) is 5.96. The van der Waals surface area contributed by atoms with Gasteiger partial charge in [-0.2, -0.15) is 0 Å². The van der Waals surface area contributed by atoms with E-state index in [4.69, 9.17) is 0 Å². The molecule has 1 aliphatic heterocycles. The third-order valence-electron chi connectivity index (χ3n) is 4.83. The fourth-order valence-corrected chi connectivity index (χ4v) is 3.61. The molecule has 3 nitrogen and oxygen atoms in total. The van der Waals surface area contributed by atoms with Crippen molar-refractivity contribution in [2.75, 3.05) is 13.1 Å². The van der Waals surface area contributed by atoms with Crippen molar-refractivity contribution in [2.45, 2.75) is 44.1 Å². The zero-order chi connectivity index (χ0) is 13.8. The molecule has 0 bridgehead atoms. The quantitative estimate of drug-likeness (QED) is 0.888. The number of rotatable bonds is 3. The molecule has 1 atom stereocenters. The van der Waals surface area contributed by atoms with E-state index in [-0.39, 0.29) is 17.4 Å². The molecule has 1 aromatic rings. The molecule has 2 fully saturated rings. The number of nitrogens with one attached hydrogen (secondary N) is 2. The Morgan fingerprint density at radius 2 is 1.90 bits per heavy atom. The fourth-order valence-electron chi connectivity index (χ4n) is 3.61. The van der Waals surface area contributed by atoms with Gasteiger partial charge in [-0.3, -0.25) is 4.79 Å². The molecule has 0 spiro atoms. The topological polar surface area (TPSA) is 41.1 Å². The summed E-state index contributed by atoms with van der Waals surface area (Å²) < 4.78 is 0. The summed E-state index contributed by atoms with van der Waals surface area (Å²) in [6.45, 7) is 1.80. The number of hydrogen-bond donors (Lipinski definition) is 2. The SMILES string of the molecule is O=C(NC1(c2ccccc2)CCCCC1)[C@H]1CCNC1. The molecule has 1 aromatic carbocycles. The molecule has 0 radical (unpaired) electrons. The first-order valence-electron chi connectivity index (χ1n) is 7.88. The highest BCUT2D eigenvalue weighted by Crippen LogP contribution is 2.37. The van der Waals surface area contributed by atoms with Crippen molar-refractivity contribution in [2.24, 2.45) is 5.92 Å². The summed E-state index contributed by atoms with van der Waals surface area (Å²) in [4.78, 5) is 12.5. The van der Waals surface area contributed by atoms with Crippen LogP contribution in [0.1, 0.15) is 44.1 Å². The molecule has 0 aromatic heterocycles. The van der Waals surface area contributed by atoms with Gasteiger partial charge in [0.2, 0.25) is 5.91 Å². The Bertz CT molecular complexity index is 445. The Kier molecular flexibility index (Phi) is 4.06. The van der Waals surface area contributed by atoms with Gasteiger partial charge < -0.3 is 10.6 Å². The van der Waals surface area contributed by atoms with Gasteiger partial charge >= 0.3 is 0 Å². The second-order valence-corrected chi connectivity index (χ2v) is 6.19. The smallest absolute Gasteiger partial charge is 0.225 e. The molecule has 1 heterocycles. The minimum Gasteiger partial charge on any atom is -0.346 e. The third kappa shape index (κ3) is 2.73. The molecule has 108 valence electrons. The Hall–Kier alpha value is -1.35. The normalized spacial score (nSPS) is 25.3. The van der Waals surface area contributed by atoms with E-state index in [1.807, 2.05) is 6.07 Å². The minimum atomic E-state index is -0.126. The number of amides is 1. The van der Waals surface area contributed by atoms with E-state index in [9.17, 15) is 4.79 Å². The van der Waals surface area contributed by atoms with E-state index in [0.29, 0.717) is 0 Å². The van der Waals surface area contributed by atoms with Gasteiger partial charge in [-0.25, -0.2) is 0 Å². The van der Waals surface area contributed by atoms with Crippen LogP contribution in [0.4, 0.5) is 0 Å². The van der Waals surface area contributed by atoms with Crippen LogP contribution in [0, 0.1) is 5.92 Å². The zero-order valence-corrected chi connectivity index (χ0v) is 12.0. The van der Waals surface area contributed by atoms with Crippen molar-refractivity contribution in [1.29, 1.82) is 0 Å². The summed E-state index contributed by atoms with van der Waals surface area (Å²) in [5.74, 6) is 0.387. The lowest BCUT2D eigenvalue weighted by Crippen LogP contribution is -2.49. The average molecular weight is 272 g/mol. The summed E-state index contributed by atoms with van der Waals surface area (Å²) in [5, 5.41) is 6.69. The predicted molar refractivity (Wildman–Crippen MR) is 80.3 cm³/mol. The van der Waals surface area contributed by atoms with Crippen LogP contribution >= 0.6 is 0 Å². The highest BCUT2D eigenvalue weighted by molar-refractivity contribution is 5.80. The Balaban J connectivity index is 1.80. The minimum absolute atomic E-state index is 0.126. The van der Waals surface area contributed by atoms with Crippen LogP contribution in [0.15, 0.2) is 30.3 Å². The highest BCUT2D eigenvalue weighted by Gasteiger charge is 2.37. The van der Waals surface area contributed by atoms with Gasteiger partial charge in [0.05, 0.1) is 11.5 Å². The number of carbonyl (C=O) groups is 1. The van der Waals surface area contributed by atoms with Gasteiger partial charge in [-0.05, 0) is 31.4 Å². The molecule has 3 heteroatoms. The Morgan fingerprint density at radius 1 is 1.15 bits per heavy atom. The summed E-state index contributed by atoms with van der Waals surface area (Å²) in [6, 6.07) is 10.5. The van der Waals surface area contributed by atoms with Crippen molar-refractivity contribution < 1.29 is 4.79 Å². The molecule has 1 saturated carbocycles. The van der Waals surface area contributed by atoms with Crippen LogP contribution in [0.5, 0.6) is 0 Å². The van der Waals surface area contributed by atoms with Crippen LogP contribution in [0.3, 0.4) is 0 Å². The van der Waals surface area contributed by atoms with E-state index in [0.717, 1.165) is 32.4 Å². The van der Waals surface area contributed by atoms with Gasteiger partial charge in [0.25, 0.3) is 0 Å². The third-order valence-corrected chi connectivity index (χ3v) is 4.83. The van der Waals surface area contributed by atoms with Crippen molar-refractivity contribution in [3.63, 3.8) is 0 Å². The van der Waals surface area contributed by atoms with Crippen LogP contribution in [0.25, 0.3) is 0 Å². The summed E-state index contributed by atoms with van der Waals surface area (Å²) in [7, 11) is 0. The molecule has 2 N–H and O–H groups in total. The van der Waals surface area contributed by atoms with Gasteiger partial charge in [-0.1, -0.05) is 49.6 Å². The average Bonchev–Trinajstić information content (AvgIpc) is 3.03. The van der Waals surface area contributed by atoms with Crippen molar-refractivity contribution >= 4 is 5.91 Å². The summed E-state index contributed by atoms with van der Waals surface area (Å²) in [5.41, 5.74) is 1.15. The van der Waals surface area contributed by atoms with E-state index in [2.05, 4.69) is 34.9 Å². The zero-order valence-electron chi connectivity index (χ0n) is 12.0. The van der Waals surface area contributed by atoms with Crippen LogP contribution in [-0.2, 0) is 10.3 Å². The molecular formula is C17H24N2O. The van der Waals surface area contributed by atoms with E-state index in [1.54, 1.807) is 0 Å². The van der Waals surface area contributed by atoms with E-state index >= 15 is 0 Å². The van der Waals surface area contributed by atoms with Gasteiger partial charge in [0.15, 0.2) is 0 Å². The lowest BCUT2D eigenvalue weighted by Gasteiger charge is -2.39. The summed E-state index contributed by atoms with van der Waals surface area (Å²) >= 11 is 0. The molecule has 2 aliphatic rings. The van der Waals surface area contributed by atoms with Crippen LogP contribution in [-0.4, -0.2) is 19.0 Å². The van der Waals surface area contributed by atoms with Crippen molar-refractivity contribution in [1.82, 2.24) is 10.6 Å². The van der Waals surface area contributed by atoms with Crippen molar-refractivity contribution in [3.8, 4) is 0 Å². The Labute approximate surface area is 121 Å². The standard InChI is InChI=1S/C17H24N2O/c20-16(14-9-12-18-13-14)19-17(10-5-2-6-11-17)15-7-3-1-4-8-15/h1,3-4,7-8,14,18H,2,5-6,9-13H2,(H,19,20)/t14-/m0/s1. The molecule has 1 saturated heterocycles. The first kappa shape index (κ1) is 13.6. The molecule has 0 unspecified atom stereocenters. The molecule has 3 rings (SSSR count). The molecular weight excluding hydrogens is 248 g/mol. The Morgan fingerprint density at radius 3 is 2.55 bits per heavy atom. The van der Waals surface area contributed by atoms with Crippen LogP contribution < -0.4 is 10.6 Å². The molecule has 1 amide bonds. The first-order valence-corrected chi connectivity index (χ1v) is 7.88. The van der Waals surface area contributed by atoms with Crippen molar-refractivity contribution in [3.05, 3.63) is 35.9 Å². The van der Waals surface area contributed by atoms with E-state index < -0.39 is 0 Å². The highest BCUT2D eigenvalue weighted by atomic mass is 16.2. The number of carbonyl (C=O) groups excluding carboxylic acids is 1. The van der Waals surface area contributed by atoms with Crippen LogP contribution in [0.2, 0.25) is 0 Å². The maximum Gasteiger partial charge on any atom is 0.225 e. The molecule has 20 heavy (non-hydrogen) atoms. The molecule has 1 aliphatic carbocycles. The predicted octanol–water partition coefficient (Wildman–Crippen LogP) is 2.57. The lowest BCUT2D eigenvalue weighted by molar-refractivity contribution is -0.127. The second-order valence-electron chi connectivity index (χ2n) is 6.19. The summed E-state index contributed by atoms with van der Waals surface area (Å²) in [6.07, 6.45) is 6.81. The van der Waals surface area contributed by atoms with E-state index in [1.165, 1.54) is 24.8 Å². The van der Waals surface area contributed by atoms with Gasteiger partial charge in [0, 0.05) is 6.54 Å². The first-order chi connectivity index (χ1) is 9.80. The maximum absolute atomic E-state index is 12.5. The lowest BCUT2D eigenvalue weighted by atomic mass is 9.76. The van der Waals surface area contributed by atoms with Gasteiger partial charge in [-0.15, -0.1) is 0 Å².